The Balaban J connectivity index is 1.46. The Bertz CT molecular complexity index is 1320. The molecule has 4 aromatic rings. The lowest BCUT2D eigenvalue weighted by atomic mass is 10.3. The van der Waals surface area contributed by atoms with Crippen LogP contribution < -0.4 is 14.9 Å². The average Bonchev–Trinajstić information content (AvgIpc) is 3.30. The molecule has 2 aromatic heterocycles. The minimum absolute atomic E-state index is 0.0470. The van der Waals surface area contributed by atoms with Gasteiger partial charge in [0.25, 0.3) is 10.0 Å². The van der Waals surface area contributed by atoms with E-state index in [2.05, 4.69) is 15.0 Å². The van der Waals surface area contributed by atoms with E-state index in [-0.39, 0.29) is 27.4 Å². The highest BCUT2D eigenvalue weighted by Crippen LogP contribution is 2.20. The van der Waals surface area contributed by atoms with Gasteiger partial charge in [-0.2, -0.15) is 0 Å². The minimum atomic E-state index is -3.76. The van der Waals surface area contributed by atoms with Crippen molar-refractivity contribution in [2.75, 3.05) is 10.0 Å². The highest BCUT2D eigenvalue weighted by Gasteiger charge is 2.16. The minimum Gasteiger partial charge on any atom is -0.325 e. The first-order chi connectivity index (χ1) is 13.9. The van der Waals surface area contributed by atoms with E-state index in [1.165, 1.54) is 46.4 Å². The zero-order valence-electron chi connectivity index (χ0n) is 14.7. The zero-order chi connectivity index (χ0) is 20.4. The number of amides is 1. The van der Waals surface area contributed by atoms with Gasteiger partial charge in [0.05, 0.1) is 15.1 Å². The number of benzene rings is 2. The second-order valence-electron chi connectivity index (χ2n) is 5.94. The highest BCUT2D eigenvalue weighted by molar-refractivity contribution is 7.93. The summed E-state index contributed by atoms with van der Waals surface area (Å²) in [5.41, 5.74) is 1.13. The number of carbonyl (C=O) groups excluding carboxylic acids is 1. The number of rotatable bonds is 6. The van der Waals surface area contributed by atoms with Gasteiger partial charge < -0.3 is 5.32 Å². The van der Waals surface area contributed by atoms with E-state index in [4.69, 9.17) is 0 Å². The number of carbonyl (C=O) groups is 1. The largest absolute Gasteiger partial charge is 0.325 e. The first kappa shape index (κ1) is 19.3. The summed E-state index contributed by atoms with van der Waals surface area (Å²) < 4.78 is 29.3. The van der Waals surface area contributed by atoms with Crippen molar-refractivity contribution in [1.82, 2.24) is 9.55 Å². The molecule has 0 unspecified atom stereocenters. The zero-order valence-corrected chi connectivity index (χ0v) is 17.2. The molecule has 2 heterocycles. The van der Waals surface area contributed by atoms with Crippen molar-refractivity contribution in [3.05, 3.63) is 69.8 Å². The van der Waals surface area contributed by atoms with Gasteiger partial charge in [-0.3, -0.25) is 18.9 Å². The van der Waals surface area contributed by atoms with Crippen molar-refractivity contribution in [3.63, 3.8) is 0 Å². The van der Waals surface area contributed by atoms with Gasteiger partial charge in [-0.1, -0.05) is 23.5 Å². The molecule has 29 heavy (non-hydrogen) atoms. The monoisotopic (exact) mass is 446 g/mol. The smallest absolute Gasteiger partial charge is 0.308 e. The van der Waals surface area contributed by atoms with Gasteiger partial charge in [-0.05, 0) is 36.4 Å². The first-order valence-corrected chi connectivity index (χ1v) is 11.5. The van der Waals surface area contributed by atoms with Crippen LogP contribution >= 0.6 is 22.7 Å². The number of para-hydroxylation sites is 1. The fraction of sp³-hybridized carbons (Fsp3) is 0.0556. The van der Waals surface area contributed by atoms with Crippen molar-refractivity contribution < 1.29 is 13.2 Å². The number of aromatic nitrogens is 2. The predicted octanol–water partition coefficient (Wildman–Crippen LogP) is 2.96. The standard InChI is InChI=1S/C18H14N4O4S3/c23-16(11-22-14-3-1-2-4-15(14)28-18(22)24)20-12-5-7-13(8-6-12)29(25,26)21-17-19-9-10-27-17/h1-10H,11H2,(H,19,21)(H,20,23). The van der Waals surface area contributed by atoms with Gasteiger partial charge >= 0.3 is 4.87 Å². The third kappa shape index (κ3) is 4.21. The molecule has 0 atom stereocenters. The fourth-order valence-corrected chi connectivity index (χ4v) is 5.35. The fourth-order valence-electron chi connectivity index (χ4n) is 2.67. The molecule has 11 heteroatoms. The van der Waals surface area contributed by atoms with Crippen molar-refractivity contribution in [3.8, 4) is 0 Å². The Morgan fingerprint density at radius 3 is 2.59 bits per heavy atom. The van der Waals surface area contributed by atoms with Crippen LogP contribution in [-0.4, -0.2) is 23.9 Å². The summed E-state index contributed by atoms with van der Waals surface area (Å²) in [7, 11) is -3.76. The van der Waals surface area contributed by atoms with Crippen LogP contribution in [-0.2, 0) is 21.4 Å². The molecule has 0 aliphatic rings. The Kier molecular flexibility index (Phi) is 5.18. The summed E-state index contributed by atoms with van der Waals surface area (Å²) in [6.45, 7) is -0.130. The maximum atomic E-state index is 12.4. The summed E-state index contributed by atoms with van der Waals surface area (Å²) in [6, 6.07) is 13.0. The van der Waals surface area contributed by atoms with Gasteiger partial charge in [0, 0.05) is 17.3 Å². The summed E-state index contributed by atoms with van der Waals surface area (Å²) in [4.78, 5) is 28.2. The molecule has 0 spiro atoms. The molecule has 0 saturated carbocycles. The van der Waals surface area contributed by atoms with Crippen LogP contribution in [0.3, 0.4) is 0 Å². The number of hydrogen-bond acceptors (Lipinski definition) is 7. The Hall–Kier alpha value is -3.02. The summed E-state index contributed by atoms with van der Waals surface area (Å²) in [6.07, 6.45) is 1.50. The van der Waals surface area contributed by atoms with E-state index in [0.29, 0.717) is 11.2 Å². The predicted molar refractivity (Wildman–Crippen MR) is 114 cm³/mol. The third-order valence-electron chi connectivity index (χ3n) is 3.98. The van der Waals surface area contributed by atoms with E-state index in [1.54, 1.807) is 11.4 Å². The number of hydrogen-bond donors (Lipinski definition) is 2. The van der Waals surface area contributed by atoms with E-state index in [0.717, 1.165) is 16.0 Å². The van der Waals surface area contributed by atoms with Crippen LogP contribution in [0.15, 0.2) is 69.8 Å². The summed E-state index contributed by atoms with van der Waals surface area (Å²) in [5.74, 6) is -0.382. The molecule has 0 radical (unpaired) electrons. The molecule has 2 N–H and O–H groups in total. The molecule has 8 nitrogen and oxygen atoms in total. The summed E-state index contributed by atoms with van der Waals surface area (Å²) >= 11 is 2.26. The topological polar surface area (TPSA) is 110 Å². The van der Waals surface area contributed by atoms with Crippen LogP contribution in [0, 0.1) is 0 Å². The lowest BCUT2D eigenvalue weighted by Crippen LogP contribution is -2.24. The van der Waals surface area contributed by atoms with Crippen LogP contribution in [0.1, 0.15) is 0 Å². The molecule has 0 bridgehead atoms. The second-order valence-corrected chi connectivity index (χ2v) is 9.51. The lowest BCUT2D eigenvalue weighted by molar-refractivity contribution is -0.116. The van der Waals surface area contributed by atoms with E-state index in [9.17, 15) is 18.0 Å². The third-order valence-corrected chi connectivity index (χ3v) is 7.11. The average molecular weight is 447 g/mol. The Labute approximate surface area is 173 Å². The molecule has 1 amide bonds. The molecule has 148 valence electrons. The molecule has 2 aromatic carbocycles. The molecular weight excluding hydrogens is 432 g/mol. The molecule has 0 aliphatic heterocycles. The molecule has 4 rings (SSSR count). The van der Waals surface area contributed by atoms with Gasteiger partial charge in [0.15, 0.2) is 5.13 Å². The number of nitrogens with one attached hydrogen (secondary N) is 2. The first-order valence-electron chi connectivity index (χ1n) is 8.33. The number of thiazole rings is 2. The van der Waals surface area contributed by atoms with Crippen molar-refractivity contribution in [2.45, 2.75) is 11.4 Å². The number of nitrogens with zero attached hydrogens (tertiary/aromatic N) is 2. The van der Waals surface area contributed by atoms with Crippen LogP contribution in [0.25, 0.3) is 10.2 Å². The lowest BCUT2D eigenvalue weighted by Gasteiger charge is -2.08. The van der Waals surface area contributed by atoms with Crippen molar-refractivity contribution >= 4 is 59.6 Å². The van der Waals surface area contributed by atoms with Crippen molar-refractivity contribution in [2.24, 2.45) is 0 Å². The van der Waals surface area contributed by atoms with Crippen LogP contribution in [0.5, 0.6) is 0 Å². The maximum absolute atomic E-state index is 12.4. The normalized spacial score (nSPS) is 11.4. The quantitative estimate of drug-likeness (QED) is 0.473. The summed E-state index contributed by atoms with van der Waals surface area (Å²) in [5, 5.41) is 4.62. The van der Waals surface area contributed by atoms with E-state index >= 15 is 0 Å². The van der Waals surface area contributed by atoms with Gasteiger partial charge in [-0.15, -0.1) is 11.3 Å². The van der Waals surface area contributed by atoms with Gasteiger partial charge in [0.2, 0.25) is 5.91 Å². The van der Waals surface area contributed by atoms with Crippen LogP contribution in [0.2, 0.25) is 0 Å². The molecule has 0 aliphatic carbocycles. The number of sulfonamides is 1. The molecule has 0 saturated heterocycles. The van der Waals surface area contributed by atoms with Gasteiger partial charge in [-0.25, -0.2) is 13.4 Å². The molecular formula is C18H14N4O4S3. The van der Waals surface area contributed by atoms with Crippen LogP contribution in [0.4, 0.5) is 10.8 Å². The number of anilines is 2. The highest BCUT2D eigenvalue weighted by atomic mass is 32.2. The Morgan fingerprint density at radius 2 is 1.86 bits per heavy atom. The van der Waals surface area contributed by atoms with Crippen molar-refractivity contribution in [1.29, 1.82) is 0 Å². The number of fused-ring (bicyclic) bond motifs is 1. The SMILES string of the molecule is O=C(Cn1c(=O)sc2ccccc21)Nc1ccc(S(=O)(=O)Nc2nccs2)cc1. The van der Waals surface area contributed by atoms with E-state index in [1.807, 2.05) is 18.2 Å². The van der Waals surface area contributed by atoms with E-state index < -0.39 is 10.0 Å². The second kappa shape index (κ2) is 7.78. The molecule has 0 fully saturated rings. The van der Waals surface area contributed by atoms with Gasteiger partial charge in [0.1, 0.15) is 6.54 Å². The maximum Gasteiger partial charge on any atom is 0.308 e. The Morgan fingerprint density at radius 1 is 1.10 bits per heavy atom.